The van der Waals surface area contributed by atoms with E-state index in [1.54, 1.807) is 18.2 Å². The Kier molecular flexibility index (Phi) is 7.08. The Morgan fingerprint density at radius 2 is 1.56 bits per heavy atom. The highest BCUT2D eigenvalue weighted by atomic mass is 35.5. The lowest BCUT2D eigenvalue weighted by Crippen LogP contribution is -2.34. The molecule has 3 N–H and O–H groups in total. The fraction of sp³-hybridized carbons (Fsp3) is 0. The molecular formula is C21H14ClFN4O4S. The number of hydrogen-bond acceptors (Lipinski definition) is 5. The highest BCUT2D eigenvalue weighted by Gasteiger charge is 2.13. The molecular weight excluding hydrogens is 459 g/mol. The number of nitrogens with one attached hydrogen (secondary N) is 3. The van der Waals surface area contributed by atoms with E-state index in [0.29, 0.717) is 11.4 Å². The average molecular weight is 473 g/mol. The fourth-order valence-corrected chi connectivity index (χ4v) is 3.00. The summed E-state index contributed by atoms with van der Waals surface area (Å²) in [6.07, 6.45) is 0. The molecule has 32 heavy (non-hydrogen) atoms. The fourth-order valence-electron chi connectivity index (χ4n) is 2.61. The molecule has 0 bridgehead atoms. The first-order valence-corrected chi connectivity index (χ1v) is 9.75. The molecule has 0 saturated carbocycles. The first-order valence-electron chi connectivity index (χ1n) is 8.96. The molecule has 0 radical (unpaired) electrons. The molecule has 8 nitrogen and oxygen atoms in total. The number of thiocarbonyl (C=S) groups is 1. The van der Waals surface area contributed by atoms with Gasteiger partial charge in [-0.15, -0.1) is 0 Å². The van der Waals surface area contributed by atoms with Crippen LogP contribution in [0.15, 0.2) is 66.7 Å². The van der Waals surface area contributed by atoms with Crippen molar-refractivity contribution < 1.29 is 18.9 Å². The number of non-ortho nitro benzene ring substituents is 1. The molecule has 162 valence electrons. The summed E-state index contributed by atoms with van der Waals surface area (Å²) in [5, 5.41) is 18.5. The minimum absolute atomic E-state index is 0.0643. The van der Waals surface area contributed by atoms with Crippen LogP contribution in [-0.2, 0) is 0 Å². The van der Waals surface area contributed by atoms with Gasteiger partial charge in [-0.25, -0.2) is 4.39 Å². The third-order valence-corrected chi connectivity index (χ3v) is 4.60. The molecule has 0 aliphatic carbocycles. The largest absolute Gasteiger partial charge is 0.332 e. The Balaban J connectivity index is 1.64. The molecule has 0 fully saturated rings. The molecule has 0 spiro atoms. The highest BCUT2D eigenvalue weighted by molar-refractivity contribution is 7.80. The monoisotopic (exact) mass is 472 g/mol. The lowest BCUT2D eigenvalue weighted by atomic mass is 10.2. The number of anilines is 2. The van der Waals surface area contributed by atoms with Crippen LogP contribution in [0.4, 0.5) is 21.5 Å². The van der Waals surface area contributed by atoms with Crippen LogP contribution in [0.5, 0.6) is 0 Å². The van der Waals surface area contributed by atoms with Crippen molar-refractivity contribution in [2.75, 3.05) is 10.6 Å². The second-order valence-electron chi connectivity index (χ2n) is 6.38. The van der Waals surface area contributed by atoms with Gasteiger partial charge in [0.25, 0.3) is 17.5 Å². The van der Waals surface area contributed by atoms with Gasteiger partial charge >= 0.3 is 0 Å². The minimum Gasteiger partial charge on any atom is -0.332 e. The first kappa shape index (κ1) is 22.8. The second kappa shape index (κ2) is 9.94. The standard InChI is InChI=1S/C21H14ClFN4O4S/c22-17-11-15(7-8-18(17)23)24-19(28)12-3-1-5-14(9-12)25-21(32)26-20(29)13-4-2-6-16(10-13)27(30)31/h1-11H,(H,24,28)(H2,25,26,29,32). The van der Waals surface area contributed by atoms with Gasteiger partial charge in [-0.05, 0) is 54.7 Å². The molecule has 2 amide bonds. The quantitative estimate of drug-likeness (QED) is 0.280. The Morgan fingerprint density at radius 3 is 2.25 bits per heavy atom. The molecule has 3 rings (SSSR count). The predicted octanol–water partition coefficient (Wildman–Crippen LogP) is 4.77. The van der Waals surface area contributed by atoms with E-state index in [-0.39, 0.29) is 26.9 Å². The Bertz CT molecular complexity index is 1240. The lowest BCUT2D eigenvalue weighted by Gasteiger charge is -2.11. The van der Waals surface area contributed by atoms with Crippen LogP contribution < -0.4 is 16.0 Å². The average Bonchev–Trinajstić information content (AvgIpc) is 2.76. The number of carbonyl (C=O) groups excluding carboxylic acids is 2. The topological polar surface area (TPSA) is 113 Å². The van der Waals surface area contributed by atoms with Crippen LogP contribution in [0.25, 0.3) is 0 Å². The van der Waals surface area contributed by atoms with Gasteiger partial charge in [0.2, 0.25) is 0 Å². The van der Waals surface area contributed by atoms with Crippen molar-refractivity contribution in [1.29, 1.82) is 0 Å². The van der Waals surface area contributed by atoms with Crippen molar-refractivity contribution in [3.63, 3.8) is 0 Å². The van der Waals surface area contributed by atoms with E-state index >= 15 is 0 Å². The predicted molar refractivity (Wildman–Crippen MR) is 123 cm³/mol. The minimum atomic E-state index is -0.631. The van der Waals surface area contributed by atoms with E-state index in [9.17, 15) is 24.1 Å². The van der Waals surface area contributed by atoms with Gasteiger partial charge in [-0.1, -0.05) is 23.7 Å². The molecule has 3 aromatic rings. The number of hydrogen-bond donors (Lipinski definition) is 3. The molecule has 0 unspecified atom stereocenters. The van der Waals surface area contributed by atoms with Crippen molar-refractivity contribution in [2.45, 2.75) is 0 Å². The number of rotatable bonds is 5. The van der Waals surface area contributed by atoms with Gasteiger partial charge in [0, 0.05) is 34.6 Å². The summed E-state index contributed by atoms with van der Waals surface area (Å²) >= 11 is 10.8. The van der Waals surface area contributed by atoms with E-state index in [0.717, 1.165) is 12.1 Å². The SMILES string of the molecule is O=C(NC(=S)Nc1cccc(C(=O)Nc2ccc(F)c(Cl)c2)c1)c1cccc([N+](=O)[O-])c1. The van der Waals surface area contributed by atoms with Crippen LogP contribution in [0.2, 0.25) is 5.02 Å². The number of halogens is 2. The molecule has 11 heteroatoms. The third-order valence-electron chi connectivity index (χ3n) is 4.11. The van der Waals surface area contributed by atoms with Crippen molar-refractivity contribution in [3.8, 4) is 0 Å². The molecule has 0 saturated heterocycles. The molecule has 3 aromatic carbocycles. The van der Waals surface area contributed by atoms with Crippen molar-refractivity contribution >= 4 is 57.8 Å². The summed E-state index contributed by atoms with van der Waals surface area (Å²) < 4.78 is 13.3. The number of amides is 2. The summed E-state index contributed by atoms with van der Waals surface area (Å²) in [4.78, 5) is 35.0. The van der Waals surface area contributed by atoms with Gasteiger partial charge in [0.1, 0.15) is 5.82 Å². The maximum absolute atomic E-state index is 13.3. The van der Waals surface area contributed by atoms with Gasteiger partial charge in [-0.3, -0.25) is 25.0 Å². The molecule has 0 aliphatic rings. The van der Waals surface area contributed by atoms with Crippen LogP contribution in [0.3, 0.4) is 0 Å². The van der Waals surface area contributed by atoms with Crippen LogP contribution in [0, 0.1) is 15.9 Å². The van der Waals surface area contributed by atoms with Gasteiger partial charge in [-0.2, -0.15) is 0 Å². The van der Waals surface area contributed by atoms with Gasteiger partial charge < -0.3 is 10.6 Å². The van der Waals surface area contributed by atoms with Crippen molar-refractivity contribution in [1.82, 2.24) is 5.32 Å². The smallest absolute Gasteiger partial charge is 0.270 e. The van der Waals surface area contributed by atoms with E-state index in [1.165, 1.54) is 36.4 Å². The summed E-state index contributed by atoms with van der Waals surface area (Å²) in [6, 6.07) is 15.3. The van der Waals surface area contributed by atoms with E-state index in [4.69, 9.17) is 23.8 Å². The van der Waals surface area contributed by atoms with E-state index in [2.05, 4.69) is 16.0 Å². The van der Waals surface area contributed by atoms with E-state index in [1.807, 2.05) is 0 Å². The zero-order valence-electron chi connectivity index (χ0n) is 16.1. The molecule has 0 aromatic heterocycles. The van der Waals surface area contributed by atoms with Crippen LogP contribution >= 0.6 is 23.8 Å². The normalized spacial score (nSPS) is 10.2. The Labute approximate surface area is 191 Å². The number of benzene rings is 3. The Hall–Kier alpha value is -3.89. The summed E-state index contributed by atoms with van der Waals surface area (Å²) in [6.45, 7) is 0. The lowest BCUT2D eigenvalue weighted by molar-refractivity contribution is -0.384. The molecule has 0 heterocycles. The highest BCUT2D eigenvalue weighted by Crippen LogP contribution is 2.20. The first-order chi connectivity index (χ1) is 15.2. The van der Waals surface area contributed by atoms with Crippen LogP contribution in [0.1, 0.15) is 20.7 Å². The van der Waals surface area contributed by atoms with Gasteiger partial charge in [0.05, 0.1) is 9.95 Å². The molecule has 0 atom stereocenters. The van der Waals surface area contributed by atoms with Crippen molar-refractivity contribution in [3.05, 3.63) is 98.8 Å². The van der Waals surface area contributed by atoms with Gasteiger partial charge in [0.15, 0.2) is 5.11 Å². The van der Waals surface area contributed by atoms with E-state index < -0.39 is 22.6 Å². The molecule has 0 aliphatic heterocycles. The number of nitrogens with zero attached hydrogens (tertiary/aromatic N) is 1. The maximum Gasteiger partial charge on any atom is 0.270 e. The Morgan fingerprint density at radius 1 is 0.906 bits per heavy atom. The van der Waals surface area contributed by atoms with Crippen molar-refractivity contribution in [2.24, 2.45) is 0 Å². The third kappa shape index (κ3) is 5.84. The zero-order valence-corrected chi connectivity index (χ0v) is 17.7. The summed E-state index contributed by atoms with van der Waals surface area (Å²) in [5.74, 6) is -1.70. The summed E-state index contributed by atoms with van der Waals surface area (Å²) in [5.41, 5.74) is 0.842. The number of carbonyl (C=O) groups is 2. The summed E-state index contributed by atoms with van der Waals surface area (Å²) in [7, 11) is 0. The maximum atomic E-state index is 13.3. The van der Waals surface area contributed by atoms with Crippen LogP contribution in [-0.4, -0.2) is 21.9 Å². The number of nitro benzene ring substituents is 1. The zero-order chi connectivity index (χ0) is 23.3. The second-order valence-corrected chi connectivity index (χ2v) is 7.19. The number of nitro groups is 1.